The van der Waals surface area contributed by atoms with E-state index >= 15 is 0 Å². The van der Waals surface area contributed by atoms with Crippen molar-refractivity contribution in [1.29, 1.82) is 0 Å². The Kier molecular flexibility index (Phi) is 6.44. The maximum Gasteiger partial charge on any atom is 0.179 e. The highest BCUT2D eigenvalue weighted by Gasteiger charge is 2.11. The van der Waals surface area contributed by atoms with E-state index in [-0.39, 0.29) is 0 Å². The Morgan fingerprint density at radius 3 is 2.29 bits per heavy atom. The average molecular weight is 418 g/mol. The molecular weight excluding hydrogens is 398 g/mol. The SMILES string of the molecule is COc1ccc(-c2csc(/C=C/c3cc(Cl)c(OC)c(OC)c3)n2)cc1OC. The van der Waals surface area contributed by atoms with Crippen molar-refractivity contribution in [1.82, 2.24) is 4.98 Å². The van der Waals surface area contributed by atoms with Gasteiger partial charge in [-0.25, -0.2) is 4.98 Å². The fraction of sp³-hybridized carbons (Fsp3) is 0.190. The molecule has 0 saturated heterocycles. The van der Waals surface area contributed by atoms with E-state index in [1.54, 1.807) is 39.8 Å². The summed E-state index contributed by atoms with van der Waals surface area (Å²) in [6.07, 6.45) is 3.87. The largest absolute Gasteiger partial charge is 0.493 e. The van der Waals surface area contributed by atoms with E-state index in [0.717, 1.165) is 21.8 Å². The number of halogens is 1. The van der Waals surface area contributed by atoms with Gasteiger partial charge in [0, 0.05) is 10.9 Å². The van der Waals surface area contributed by atoms with E-state index in [1.165, 1.54) is 0 Å². The maximum absolute atomic E-state index is 6.26. The van der Waals surface area contributed by atoms with E-state index in [1.807, 2.05) is 47.9 Å². The van der Waals surface area contributed by atoms with Crippen molar-refractivity contribution in [2.75, 3.05) is 28.4 Å². The Hall–Kier alpha value is -2.70. The van der Waals surface area contributed by atoms with Gasteiger partial charge < -0.3 is 18.9 Å². The predicted molar refractivity (Wildman–Crippen MR) is 114 cm³/mol. The van der Waals surface area contributed by atoms with Crippen molar-refractivity contribution in [3.05, 3.63) is 51.3 Å². The summed E-state index contributed by atoms with van der Waals surface area (Å²) in [6.45, 7) is 0. The number of methoxy groups -OCH3 is 4. The van der Waals surface area contributed by atoms with Gasteiger partial charge >= 0.3 is 0 Å². The average Bonchev–Trinajstić information content (AvgIpc) is 3.20. The van der Waals surface area contributed by atoms with Crippen LogP contribution in [0.15, 0.2) is 35.7 Å². The minimum Gasteiger partial charge on any atom is -0.493 e. The molecule has 0 saturated carbocycles. The molecule has 0 N–H and O–H groups in total. The molecule has 0 aliphatic rings. The molecule has 0 spiro atoms. The Bertz CT molecular complexity index is 1000. The molecule has 0 fully saturated rings. The normalized spacial score (nSPS) is 10.9. The Balaban J connectivity index is 1.84. The zero-order valence-corrected chi connectivity index (χ0v) is 17.6. The van der Waals surface area contributed by atoms with Crippen molar-refractivity contribution >= 4 is 35.1 Å². The maximum atomic E-state index is 6.26. The quantitative estimate of drug-likeness (QED) is 0.495. The van der Waals surface area contributed by atoms with Crippen LogP contribution >= 0.6 is 22.9 Å². The lowest BCUT2D eigenvalue weighted by Gasteiger charge is -2.10. The highest BCUT2D eigenvalue weighted by molar-refractivity contribution is 7.10. The van der Waals surface area contributed by atoms with Crippen molar-refractivity contribution < 1.29 is 18.9 Å². The van der Waals surface area contributed by atoms with Gasteiger partial charge in [0.15, 0.2) is 23.0 Å². The molecule has 0 radical (unpaired) electrons. The van der Waals surface area contributed by atoms with Gasteiger partial charge in [0.25, 0.3) is 0 Å². The third-order valence-electron chi connectivity index (χ3n) is 4.08. The second-order valence-electron chi connectivity index (χ2n) is 5.71. The van der Waals surface area contributed by atoms with Gasteiger partial charge in [0.1, 0.15) is 5.01 Å². The summed E-state index contributed by atoms with van der Waals surface area (Å²) in [7, 11) is 6.37. The Morgan fingerprint density at radius 1 is 0.857 bits per heavy atom. The molecule has 1 heterocycles. The second-order valence-corrected chi connectivity index (χ2v) is 7.01. The number of nitrogens with zero attached hydrogens (tertiary/aromatic N) is 1. The number of hydrogen-bond donors (Lipinski definition) is 0. The summed E-state index contributed by atoms with van der Waals surface area (Å²) in [5.74, 6) is 2.46. The molecule has 146 valence electrons. The lowest BCUT2D eigenvalue weighted by atomic mass is 10.1. The summed E-state index contributed by atoms with van der Waals surface area (Å²) in [5.41, 5.74) is 2.73. The molecule has 1 aromatic heterocycles. The van der Waals surface area contributed by atoms with Crippen molar-refractivity contribution in [3.8, 4) is 34.3 Å². The zero-order valence-electron chi connectivity index (χ0n) is 16.0. The molecule has 5 nitrogen and oxygen atoms in total. The van der Waals surface area contributed by atoms with Gasteiger partial charge in [-0.2, -0.15) is 0 Å². The van der Waals surface area contributed by atoms with Crippen molar-refractivity contribution in [2.45, 2.75) is 0 Å². The summed E-state index contributed by atoms with van der Waals surface area (Å²) < 4.78 is 21.2. The number of thiazole rings is 1. The molecule has 0 amide bonds. The summed E-state index contributed by atoms with van der Waals surface area (Å²) in [4.78, 5) is 4.67. The van der Waals surface area contributed by atoms with Crippen LogP contribution in [0.4, 0.5) is 0 Å². The van der Waals surface area contributed by atoms with Crippen LogP contribution in [-0.2, 0) is 0 Å². The molecule has 0 bridgehead atoms. The molecule has 0 aliphatic carbocycles. The highest BCUT2D eigenvalue weighted by Crippen LogP contribution is 2.37. The van der Waals surface area contributed by atoms with E-state index in [4.69, 9.17) is 30.5 Å². The smallest absolute Gasteiger partial charge is 0.179 e. The first kappa shape index (κ1) is 20.0. The van der Waals surface area contributed by atoms with E-state index < -0.39 is 0 Å². The molecule has 28 heavy (non-hydrogen) atoms. The fourth-order valence-corrected chi connectivity index (χ4v) is 3.71. The number of rotatable bonds is 7. The third-order valence-corrected chi connectivity index (χ3v) is 5.17. The highest BCUT2D eigenvalue weighted by atomic mass is 35.5. The molecule has 0 aliphatic heterocycles. The zero-order chi connectivity index (χ0) is 20.1. The van der Waals surface area contributed by atoms with Crippen LogP contribution in [0.25, 0.3) is 23.4 Å². The number of benzene rings is 2. The van der Waals surface area contributed by atoms with Gasteiger partial charge in [-0.3, -0.25) is 0 Å². The summed E-state index contributed by atoms with van der Waals surface area (Å²) >= 11 is 7.81. The molecule has 2 aromatic carbocycles. The van der Waals surface area contributed by atoms with E-state index in [0.29, 0.717) is 28.0 Å². The van der Waals surface area contributed by atoms with Gasteiger partial charge in [0.05, 0.1) is 39.2 Å². The van der Waals surface area contributed by atoms with Crippen LogP contribution < -0.4 is 18.9 Å². The van der Waals surface area contributed by atoms with Crippen LogP contribution in [0.2, 0.25) is 5.02 Å². The topological polar surface area (TPSA) is 49.8 Å². The van der Waals surface area contributed by atoms with Crippen LogP contribution in [-0.4, -0.2) is 33.4 Å². The summed E-state index contributed by atoms with van der Waals surface area (Å²) in [6, 6.07) is 9.43. The van der Waals surface area contributed by atoms with Crippen LogP contribution in [0, 0.1) is 0 Å². The Morgan fingerprint density at radius 2 is 1.61 bits per heavy atom. The van der Waals surface area contributed by atoms with Gasteiger partial charge in [-0.1, -0.05) is 17.7 Å². The molecule has 7 heteroatoms. The van der Waals surface area contributed by atoms with Gasteiger partial charge in [-0.05, 0) is 42.0 Å². The molecular formula is C21H20ClNO4S. The minimum atomic E-state index is 0.492. The number of aromatic nitrogens is 1. The molecule has 3 aromatic rings. The monoisotopic (exact) mass is 417 g/mol. The summed E-state index contributed by atoms with van der Waals surface area (Å²) in [5, 5.41) is 3.37. The predicted octanol–water partition coefficient (Wildman–Crippen LogP) is 5.67. The second kappa shape index (κ2) is 8.99. The molecule has 3 rings (SSSR count). The number of hydrogen-bond acceptors (Lipinski definition) is 6. The molecule has 0 unspecified atom stereocenters. The Labute approximate surface area is 173 Å². The first-order chi connectivity index (χ1) is 13.6. The first-order valence-corrected chi connectivity index (χ1v) is 9.63. The first-order valence-electron chi connectivity index (χ1n) is 8.37. The van der Waals surface area contributed by atoms with Gasteiger partial charge in [-0.15, -0.1) is 11.3 Å². The standard InChI is InChI=1S/C21H20ClNO4S/c1-24-17-7-6-14(11-18(17)25-2)16-12-28-20(23-16)8-5-13-9-15(22)21(27-4)19(10-13)26-3/h5-12H,1-4H3/b8-5+. The van der Waals surface area contributed by atoms with Crippen molar-refractivity contribution in [3.63, 3.8) is 0 Å². The minimum absolute atomic E-state index is 0.492. The van der Waals surface area contributed by atoms with Crippen LogP contribution in [0.3, 0.4) is 0 Å². The van der Waals surface area contributed by atoms with Crippen molar-refractivity contribution in [2.24, 2.45) is 0 Å². The third kappa shape index (κ3) is 4.24. The van der Waals surface area contributed by atoms with Gasteiger partial charge in [0.2, 0.25) is 0 Å². The van der Waals surface area contributed by atoms with E-state index in [2.05, 4.69) is 4.98 Å². The van der Waals surface area contributed by atoms with Crippen LogP contribution in [0.5, 0.6) is 23.0 Å². The fourth-order valence-electron chi connectivity index (χ4n) is 2.69. The van der Waals surface area contributed by atoms with Crippen LogP contribution in [0.1, 0.15) is 10.6 Å². The number of ether oxygens (including phenoxy) is 4. The lowest BCUT2D eigenvalue weighted by Crippen LogP contribution is -1.92. The molecule has 0 atom stereocenters. The lowest BCUT2D eigenvalue weighted by molar-refractivity contribution is 0.355. The van der Waals surface area contributed by atoms with E-state index in [9.17, 15) is 0 Å².